The number of ether oxygens (including phenoxy) is 1. The van der Waals surface area contributed by atoms with Crippen LogP contribution in [0.2, 0.25) is 10.0 Å². The Balaban J connectivity index is 0.000000242. The van der Waals surface area contributed by atoms with Gasteiger partial charge in [-0.25, -0.2) is 9.97 Å². The fraction of sp³-hybridized carbons (Fsp3) is 0.160. The number of carboxylic acid groups (broad SMARTS) is 1. The monoisotopic (exact) mass is 610 g/mol. The number of para-hydroxylation sites is 2. The van der Waals surface area contributed by atoms with E-state index in [1.165, 1.54) is 10.9 Å². The second-order valence-electron chi connectivity index (χ2n) is 7.79. The Kier molecular flexibility index (Phi) is 14.3. The van der Waals surface area contributed by atoms with Crippen LogP contribution in [-0.4, -0.2) is 53.8 Å². The number of H-pyrrole nitrogens is 2. The number of hydrogen-bond donors (Lipinski definition) is 5. The summed E-state index contributed by atoms with van der Waals surface area (Å²) in [6.07, 6.45) is 6.34. The number of aliphatic hydroxyl groups is 1. The molecule has 0 spiro atoms. The van der Waals surface area contributed by atoms with Gasteiger partial charge in [-0.3, -0.25) is 14.3 Å². The van der Waals surface area contributed by atoms with Gasteiger partial charge in [0.2, 0.25) is 5.95 Å². The molecule has 2 aromatic carbocycles. The summed E-state index contributed by atoms with van der Waals surface area (Å²) in [5.74, 6) is -1.11. The van der Waals surface area contributed by atoms with E-state index < -0.39 is 5.97 Å². The minimum atomic E-state index is -1.14. The Morgan fingerprint density at radius 3 is 2.51 bits per heavy atom. The number of benzene rings is 2. The molecule has 16 heteroatoms. The van der Waals surface area contributed by atoms with E-state index in [4.69, 9.17) is 38.8 Å². The number of aromatic nitrogens is 6. The van der Waals surface area contributed by atoms with Crippen molar-refractivity contribution in [1.82, 2.24) is 29.5 Å². The number of anilines is 3. The summed E-state index contributed by atoms with van der Waals surface area (Å²) < 4.78 is 6.63. The van der Waals surface area contributed by atoms with E-state index in [2.05, 4.69) is 30.2 Å². The van der Waals surface area contributed by atoms with Gasteiger partial charge in [-0.15, -0.1) is 0 Å². The molecule has 0 atom stereocenters. The number of nitrogens with zero attached hydrogens (tertiary/aromatic N) is 4. The average Bonchev–Trinajstić information content (AvgIpc) is 3.62. The summed E-state index contributed by atoms with van der Waals surface area (Å²) in [5, 5.41) is 23.3. The van der Waals surface area contributed by atoms with Gasteiger partial charge >= 0.3 is 29.6 Å². The molecule has 0 aliphatic carbocycles. The van der Waals surface area contributed by atoms with Crippen LogP contribution in [0.15, 0.2) is 72.3 Å². The standard InChI is InChI=1S/C14H11Cl2NO2.C8H11N5O3.C3H4N2.Na/c15-10-5-3-6-11(16)14(10)17-12-7-2-1-4-9(12)8-13(18)19;9-8-11-6-5(7(15)12-8)10-3-13(6)4-16-2-1-14;1-2-5-3-4-1;/h1-7,17H,8H2,(H,18,19);3,14H,1-2,4H2,(H3,9,11,12,15);1-3H,(H,4,5);/q;;;+1/p-1. The zero-order valence-corrected chi connectivity index (χ0v) is 25.4. The molecule has 0 amide bonds. The van der Waals surface area contributed by atoms with Gasteiger partial charge in [0.25, 0.3) is 5.56 Å². The van der Waals surface area contributed by atoms with Gasteiger partial charge in [0.05, 0.1) is 41.6 Å². The Morgan fingerprint density at radius 2 is 1.90 bits per heavy atom. The third kappa shape index (κ3) is 10.5. The number of carboxylic acids is 1. The first kappa shape index (κ1) is 33.8. The molecule has 5 rings (SSSR count). The van der Waals surface area contributed by atoms with Crippen molar-refractivity contribution in [3.63, 3.8) is 0 Å². The number of rotatable bonds is 8. The third-order valence-corrected chi connectivity index (χ3v) is 5.57. The number of nitrogen functional groups attached to an aromatic ring is 1. The smallest absolute Gasteiger partial charge is 0.550 e. The molecule has 6 N–H and O–H groups in total. The zero-order valence-electron chi connectivity index (χ0n) is 21.9. The minimum absolute atomic E-state index is 0. The van der Waals surface area contributed by atoms with Crippen LogP contribution in [0.4, 0.5) is 17.3 Å². The van der Waals surface area contributed by atoms with Crippen molar-refractivity contribution in [3.8, 4) is 0 Å². The second kappa shape index (κ2) is 17.4. The fourth-order valence-corrected chi connectivity index (χ4v) is 3.70. The summed E-state index contributed by atoms with van der Waals surface area (Å²) in [4.78, 5) is 38.7. The maximum Gasteiger partial charge on any atom is 1.00 e. The first-order valence-electron chi connectivity index (χ1n) is 11.6. The van der Waals surface area contributed by atoms with Crippen LogP contribution in [0.3, 0.4) is 0 Å². The van der Waals surface area contributed by atoms with Crippen molar-refractivity contribution in [2.45, 2.75) is 13.2 Å². The van der Waals surface area contributed by atoms with Gasteiger partial charge in [-0.2, -0.15) is 4.98 Å². The number of fused-ring (bicyclic) bond motifs is 1. The molecule has 0 saturated carbocycles. The van der Waals surface area contributed by atoms with Crippen LogP contribution < -0.4 is 51.3 Å². The molecule has 3 aromatic heterocycles. The van der Waals surface area contributed by atoms with E-state index >= 15 is 0 Å². The Bertz CT molecular complexity index is 1540. The van der Waals surface area contributed by atoms with Gasteiger partial charge in [0.15, 0.2) is 11.2 Å². The van der Waals surface area contributed by atoms with Gasteiger partial charge < -0.3 is 35.8 Å². The maximum absolute atomic E-state index is 11.4. The molecule has 0 saturated heterocycles. The number of aliphatic hydroxyl groups excluding tert-OH is 1. The van der Waals surface area contributed by atoms with Gasteiger partial charge in [0.1, 0.15) is 6.73 Å². The van der Waals surface area contributed by atoms with Crippen LogP contribution in [0.1, 0.15) is 5.56 Å². The van der Waals surface area contributed by atoms with E-state index in [0.717, 1.165) is 0 Å². The topological polar surface area (TPSA) is 200 Å². The number of imidazole rings is 2. The Labute approximate surface area is 266 Å². The van der Waals surface area contributed by atoms with E-state index in [9.17, 15) is 14.7 Å². The summed E-state index contributed by atoms with van der Waals surface area (Å²) in [7, 11) is 0. The molecule has 3 heterocycles. The Morgan fingerprint density at radius 1 is 1.17 bits per heavy atom. The molecule has 0 bridgehead atoms. The molecular formula is C25H25Cl2N8NaO5. The normalized spacial score (nSPS) is 10.0. The summed E-state index contributed by atoms with van der Waals surface area (Å²) in [5.41, 5.74) is 7.41. The summed E-state index contributed by atoms with van der Waals surface area (Å²) in [6, 6.07) is 12.2. The van der Waals surface area contributed by atoms with Crippen LogP contribution in [-0.2, 0) is 22.7 Å². The molecule has 5 aromatic rings. The molecule has 0 aliphatic heterocycles. The first-order chi connectivity index (χ1) is 19.3. The number of nitrogens with two attached hydrogens (primary N) is 1. The van der Waals surface area contributed by atoms with E-state index in [1.807, 2.05) is 0 Å². The van der Waals surface area contributed by atoms with Crippen molar-refractivity contribution in [2.24, 2.45) is 0 Å². The molecule has 0 fully saturated rings. The number of carbonyl (C=O) groups excluding carboxylic acids is 1. The van der Waals surface area contributed by atoms with Crippen molar-refractivity contribution in [1.29, 1.82) is 0 Å². The van der Waals surface area contributed by atoms with Gasteiger partial charge in [-0.05, 0) is 23.8 Å². The van der Waals surface area contributed by atoms with E-state index in [-0.39, 0.29) is 72.9 Å². The minimum Gasteiger partial charge on any atom is -0.550 e. The van der Waals surface area contributed by atoms with Crippen LogP contribution in [0.25, 0.3) is 11.2 Å². The number of halogens is 2. The quantitative estimate of drug-likeness (QED) is 0.108. The third-order valence-electron chi connectivity index (χ3n) is 4.94. The molecule has 210 valence electrons. The summed E-state index contributed by atoms with van der Waals surface area (Å²) in [6.45, 7) is 0.300. The average molecular weight is 611 g/mol. The van der Waals surface area contributed by atoms with Crippen LogP contribution in [0.5, 0.6) is 0 Å². The van der Waals surface area contributed by atoms with Crippen LogP contribution >= 0.6 is 23.2 Å². The zero-order chi connectivity index (χ0) is 28.9. The van der Waals surface area contributed by atoms with Crippen molar-refractivity contribution < 1.29 is 49.3 Å². The van der Waals surface area contributed by atoms with Crippen molar-refractivity contribution >= 4 is 57.7 Å². The van der Waals surface area contributed by atoms with E-state index in [1.54, 1.807) is 61.2 Å². The molecular weight excluding hydrogens is 586 g/mol. The summed E-state index contributed by atoms with van der Waals surface area (Å²) >= 11 is 12.1. The number of hydrogen-bond acceptors (Lipinski definition) is 10. The molecule has 0 radical (unpaired) electrons. The predicted molar refractivity (Wildman–Crippen MR) is 149 cm³/mol. The maximum atomic E-state index is 11.4. The van der Waals surface area contributed by atoms with Crippen LogP contribution in [0, 0.1) is 0 Å². The van der Waals surface area contributed by atoms with Crippen molar-refractivity contribution in [3.05, 3.63) is 93.5 Å². The number of nitrogens with one attached hydrogen (secondary N) is 3. The molecule has 13 nitrogen and oxygen atoms in total. The first-order valence-corrected chi connectivity index (χ1v) is 12.4. The predicted octanol–water partition coefficient (Wildman–Crippen LogP) is -0.889. The number of aliphatic carboxylic acids is 1. The largest absolute Gasteiger partial charge is 1.00 e. The van der Waals surface area contributed by atoms with E-state index in [0.29, 0.717) is 32.6 Å². The van der Waals surface area contributed by atoms with Gasteiger partial charge in [-0.1, -0.05) is 47.5 Å². The molecule has 41 heavy (non-hydrogen) atoms. The van der Waals surface area contributed by atoms with Gasteiger partial charge in [0, 0.05) is 30.5 Å². The fourth-order valence-electron chi connectivity index (χ4n) is 3.21. The molecule has 0 unspecified atom stereocenters. The molecule has 0 aliphatic rings. The van der Waals surface area contributed by atoms with Crippen molar-refractivity contribution in [2.75, 3.05) is 24.3 Å². The second-order valence-corrected chi connectivity index (χ2v) is 8.60. The number of carbonyl (C=O) groups is 1. The SMILES string of the molecule is Nc1nc2c(ncn2COCCO)c(=O)[nH]1.O=C([O-])Cc1ccccc1Nc1c(Cl)cccc1Cl.[Na+].c1c[nH]cn1. The Hall–Kier alpha value is -3.43. The number of aromatic amines is 2.